The van der Waals surface area contributed by atoms with Crippen LogP contribution < -0.4 is 10.9 Å². The average Bonchev–Trinajstić information content (AvgIpc) is 3.14. The number of benzene rings is 1. The van der Waals surface area contributed by atoms with Crippen LogP contribution in [0.1, 0.15) is 23.0 Å². The molecule has 0 aliphatic carbocycles. The van der Waals surface area contributed by atoms with E-state index in [0.29, 0.717) is 24.2 Å². The SMILES string of the molecule is CN(C)[C@@H](CNC(=O)CCc1nc2ccccc2[nH]c1=O)c1cccs1. The predicted octanol–water partition coefficient (Wildman–Crippen LogP) is 2.34. The van der Waals surface area contributed by atoms with Gasteiger partial charge in [-0.15, -0.1) is 11.3 Å². The van der Waals surface area contributed by atoms with E-state index in [-0.39, 0.29) is 23.9 Å². The fourth-order valence-corrected chi connectivity index (χ4v) is 3.71. The zero-order chi connectivity index (χ0) is 18.5. The number of nitrogens with one attached hydrogen (secondary N) is 2. The molecule has 0 saturated heterocycles. The molecule has 0 radical (unpaired) electrons. The molecule has 26 heavy (non-hydrogen) atoms. The molecule has 0 spiro atoms. The molecule has 0 saturated carbocycles. The Morgan fingerprint density at radius 1 is 1.27 bits per heavy atom. The Balaban J connectivity index is 1.59. The summed E-state index contributed by atoms with van der Waals surface area (Å²) in [4.78, 5) is 34.8. The highest BCUT2D eigenvalue weighted by Gasteiger charge is 2.16. The Morgan fingerprint density at radius 2 is 2.08 bits per heavy atom. The Kier molecular flexibility index (Phi) is 5.80. The second-order valence-corrected chi connectivity index (χ2v) is 7.31. The summed E-state index contributed by atoms with van der Waals surface area (Å²) in [5.74, 6) is -0.0808. The van der Waals surface area contributed by atoms with Gasteiger partial charge >= 0.3 is 0 Å². The van der Waals surface area contributed by atoms with Crippen molar-refractivity contribution in [2.75, 3.05) is 20.6 Å². The van der Waals surface area contributed by atoms with Gasteiger partial charge in [-0.3, -0.25) is 9.59 Å². The number of thiophene rings is 1. The highest BCUT2D eigenvalue weighted by molar-refractivity contribution is 7.10. The Labute approximate surface area is 155 Å². The molecular formula is C19H22N4O2S. The standard InChI is InChI=1S/C19H22N4O2S/c1-23(2)16(17-8-5-11-26-17)12-20-18(24)10-9-15-19(25)22-14-7-4-3-6-13(14)21-15/h3-8,11,16H,9-10,12H2,1-2H3,(H,20,24)(H,22,25)/t16-/m0/s1. The molecule has 6 nitrogen and oxygen atoms in total. The number of likely N-dealkylation sites (N-methyl/N-ethyl adjacent to an activating group) is 1. The van der Waals surface area contributed by atoms with E-state index >= 15 is 0 Å². The maximum Gasteiger partial charge on any atom is 0.270 e. The van der Waals surface area contributed by atoms with E-state index in [0.717, 1.165) is 5.52 Å². The molecule has 3 rings (SSSR count). The van der Waals surface area contributed by atoms with Crippen LogP contribution in [-0.4, -0.2) is 41.4 Å². The van der Waals surface area contributed by atoms with Crippen LogP contribution >= 0.6 is 11.3 Å². The summed E-state index contributed by atoms with van der Waals surface area (Å²) in [6.45, 7) is 0.536. The number of aromatic nitrogens is 2. The van der Waals surface area contributed by atoms with Gasteiger partial charge in [-0.1, -0.05) is 18.2 Å². The van der Waals surface area contributed by atoms with Gasteiger partial charge in [0.05, 0.1) is 17.1 Å². The van der Waals surface area contributed by atoms with E-state index in [1.54, 1.807) is 11.3 Å². The predicted molar refractivity (Wildman–Crippen MR) is 104 cm³/mol. The first-order valence-electron chi connectivity index (χ1n) is 8.49. The van der Waals surface area contributed by atoms with Crippen LogP contribution in [-0.2, 0) is 11.2 Å². The van der Waals surface area contributed by atoms with Crippen molar-refractivity contribution >= 4 is 28.3 Å². The van der Waals surface area contributed by atoms with E-state index in [1.165, 1.54) is 4.88 Å². The van der Waals surface area contributed by atoms with Gasteiger partial charge in [0.2, 0.25) is 5.91 Å². The molecule has 2 heterocycles. The Morgan fingerprint density at radius 3 is 2.81 bits per heavy atom. The summed E-state index contributed by atoms with van der Waals surface area (Å²) in [5.41, 5.74) is 1.59. The van der Waals surface area contributed by atoms with Gasteiger partial charge in [-0.25, -0.2) is 4.98 Å². The lowest BCUT2D eigenvalue weighted by Gasteiger charge is -2.23. The fraction of sp³-hybridized carbons (Fsp3) is 0.316. The van der Waals surface area contributed by atoms with E-state index < -0.39 is 0 Å². The van der Waals surface area contributed by atoms with Crippen molar-refractivity contribution in [1.29, 1.82) is 0 Å². The number of fused-ring (bicyclic) bond motifs is 1. The number of H-pyrrole nitrogens is 1. The second-order valence-electron chi connectivity index (χ2n) is 6.33. The van der Waals surface area contributed by atoms with Gasteiger partial charge in [0.15, 0.2) is 0 Å². The number of carbonyl (C=O) groups excluding carboxylic acids is 1. The molecule has 7 heteroatoms. The van der Waals surface area contributed by atoms with Crippen LogP contribution in [0, 0.1) is 0 Å². The topological polar surface area (TPSA) is 78.1 Å². The van der Waals surface area contributed by atoms with Gasteiger partial charge in [-0.05, 0) is 37.7 Å². The molecule has 1 atom stereocenters. The number of amides is 1. The maximum atomic E-state index is 12.2. The molecule has 0 fully saturated rings. The summed E-state index contributed by atoms with van der Waals surface area (Å²) < 4.78 is 0. The van der Waals surface area contributed by atoms with Crippen LogP contribution in [0.15, 0.2) is 46.6 Å². The first-order valence-corrected chi connectivity index (χ1v) is 9.37. The lowest BCUT2D eigenvalue weighted by molar-refractivity contribution is -0.121. The van der Waals surface area contributed by atoms with Crippen LogP contribution in [0.25, 0.3) is 11.0 Å². The van der Waals surface area contributed by atoms with Crippen molar-refractivity contribution in [3.05, 3.63) is 62.7 Å². The molecular weight excluding hydrogens is 348 g/mol. The maximum absolute atomic E-state index is 12.2. The van der Waals surface area contributed by atoms with Crippen molar-refractivity contribution in [2.45, 2.75) is 18.9 Å². The molecule has 2 aromatic heterocycles. The van der Waals surface area contributed by atoms with Crippen molar-refractivity contribution in [3.63, 3.8) is 0 Å². The zero-order valence-electron chi connectivity index (χ0n) is 14.9. The molecule has 136 valence electrons. The number of hydrogen-bond acceptors (Lipinski definition) is 5. The first-order chi connectivity index (χ1) is 12.5. The number of hydrogen-bond donors (Lipinski definition) is 2. The molecule has 3 aromatic rings. The molecule has 0 unspecified atom stereocenters. The smallest absolute Gasteiger partial charge is 0.270 e. The van der Waals surface area contributed by atoms with E-state index in [4.69, 9.17) is 0 Å². The summed E-state index contributed by atoms with van der Waals surface area (Å²) >= 11 is 1.68. The largest absolute Gasteiger partial charge is 0.354 e. The third-order valence-corrected chi connectivity index (χ3v) is 5.22. The number of carbonyl (C=O) groups is 1. The number of aryl methyl sites for hydroxylation is 1. The van der Waals surface area contributed by atoms with E-state index in [1.807, 2.05) is 49.8 Å². The quantitative estimate of drug-likeness (QED) is 0.669. The van der Waals surface area contributed by atoms with Crippen molar-refractivity contribution in [2.24, 2.45) is 0 Å². The summed E-state index contributed by atoms with van der Waals surface area (Å²) in [5, 5.41) is 5.00. The van der Waals surface area contributed by atoms with Crippen molar-refractivity contribution < 1.29 is 4.79 Å². The van der Waals surface area contributed by atoms with Crippen LogP contribution in [0.5, 0.6) is 0 Å². The Hall–Kier alpha value is -2.51. The van der Waals surface area contributed by atoms with Gasteiger partial charge in [-0.2, -0.15) is 0 Å². The summed E-state index contributed by atoms with van der Waals surface area (Å²) in [7, 11) is 3.99. The van der Waals surface area contributed by atoms with E-state index in [2.05, 4.69) is 26.3 Å². The number of nitrogens with zero attached hydrogens (tertiary/aromatic N) is 2. The molecule has 2 N–H and O–H groups in total. The van der Waals surface area contributed by atoms with Crippen LogP contribution in [0.3, 0.4) is 0 Å². The Bertz CT molecular complexity index is 934. The summed E-state index contributed by atoms with van der Waals surface area (Å²) in [6.07, 6.45) is 0.552. The van der Waals surface area contributed by atoms with Crippen LogP contribution in [0.2, 0.25) is 0 Å². The monoisotopic (exact) mass is 370 g/mol. The van der Waals surface area contributed by atoms with E-state index in [9.17, 15) is 9.59 Å². The third kappa shape index (κ3) is 4.36. The zero-order valence-corrected chi connectivity index (χ0v) is 15.7. The minimum absolute atomic E-state index is 0.0808. The van der Waals surface area contributed by atoms with Crippen LogP contribution in [0.4, 0.5) is 0 Å². The van der Waals surface area contributed by atoms with Crippen molar-refractivity contribution in [3.8, 4) is 0 Å². The average molecular weight is 370 g/mol. The van der Waals surface area contributed by atoms with Gasteiger partial charge in [0, 0.05) is 24.3 Å². The van der Waals surface area contributed by atoms with Gasteiger partial charge in [0.25, 0.3) is 5.56 Å². The third-order valence-electron chi connectivity index (χ3n) is 4.25. The lowest BCUT2D eigenvalue weighted by Crippen LogP contribution is -2.34. The minimum Gasteiger partial charge on any atom is -0.354 e. The first kappa shape index (κ1) is 18.3. The minimum atomic E-state index is -0.235. The second kappa shape index (κ2) is 8.25. The number of rotatable bonds is 7. The van der Waals surface area contributed by atoms with Gasteiger partial charge in [0.1, 0.15) is 5.69 Å². The molecule has 1 amide bonds. The summed E-state index contributed by atoms with van der Waals surface area (Å²) in [6, 6.07) is 11.6. The number of aromatic amines is 1. The molecule has 0 bridgehead atoms. The molecule has 0 aliphatic heterocycles. The number of para-hydroxylation sites is 2. The molecule has 1 aromatic carbocycles. The fourth-order valence-electron chi connectivity index (χ4n) is 2.79. The highest BCUT2D eigenvalue weighted by Crippen LogP contribution is 2.22. The normalized spacial score (nSPS) is 12.4. The highest BCUT2D eigenvalue weighted by atomic mass is 32.1. The lowest BCUT2D eigenvalue weighted by atomic mass is 10.2. The van der Waals surface area contributed by atoms with Crippen molar-refractivity contribution in [1.82, 2.24) is 20.2 Å². The molecule has 0 aliphatic rings. The van der Waals surface area contributed by atoms with Gasteiger partial charge < -0.3 is 15.2 Å².